The first-order valence-corrected chi connectivity index (χ1v) is 4.43. The summed E-state index contributed by atoms with van der Waals surface area (Å²) in [5, 5.41) is 2.54. The molecular formula is C10H12FNO2. The molecule has 3 nitrogen and oxygen atoms in total. The maximum Gasteiger partial charge on any atom is 0.412 e. The fraction of sp³-hybridized carbons (Fsp3) is 0.300. The maximum atomic E-state index is 12.5. The smallest absolute Gasteiger partial charge is 0.410 e. The predicted octanol–water partition coefficient (Wildman–Crippen LogP) is 2.32. The van der Waals surface area contributed by atoms with Gasteiger partial charge in [0.2, 0.25) is 0 Å². The van der Waals surface area contributed by atoms with Crippen molar-refractivity contribution < 1.29 is 13.9 Å². The highest BCUT2D eigenvalue weighted by Crippen LogP contribution is 2.10. The minimum atomic E-state index is -0.515. The number of amides is 1. The molecule has 14 heavy (non-hydrogen) atoms. The summed E-state index contributed by atoms with van der Waals surface area (Å²) in [5.74, 6) is -0.0219. The number of carbonyl (C=O) groups is 1. The number of rotatable bonds is 3. The first-order chi connectivity index (χ1) is 6.72. The SMILES string of the molecule is CCCNC(=O)Oc1ccc(F)cc1. The number of ether oxygens (including phenoxy) is 1. The number of hydrogen-bond acceptors (Lipinski definition) is 2. The molecule has 0 aliphatic rings. The van der Waals surface area contributed by atoms with Crippen molar-refractivity contribution in [1.29, 1.82) is 0 Å². The number of benzene rings is 1. The minimum absolute atomic E-state index is 0.333. The van der Waals surface area contributed by atoms with Crippen LogP contribution in [0.15, 0.2) is 24.3 Å². The lowest BCUT2D eigenvalue weighted by Gasteiger charge is -2.04. The molecule has 0 saturated heterocycles. The Hall–Kier alpha value is -1.58. The number of carbonyl (C=O) groups excluding carboxylic acids is 1. The van der Waals surface area contributed by atoms with Crippen LogP contribution in [0.25, 0.3) is 0 Å². The maximum absolute atomic E-state index is 12.5. The van der Waals surface area contributed by atoms with Crippen molar-refractivity contribution in [2.24, 2.45) is 0 Å². The molecule has 1 amide bonds. The molecule has 0 bridgehead atoms. The van der Waals surface area contributed by atoms with E-state index in [0.717, 1.165) is 6.42 Å². The molecule has 1 aromatic rings. The molecule has 0 fully saturated rings. The zero-order valence-electron chi connectivity index (χ0n) is 7.92. The monoisotopic (exact) mass is 197 g/mol. The fourth-order valence-corrected chi connectivity index (χ4v) is 0.873. The molecule has 4 heteroatoms. The molecule has 0 radical (unpaired) electrons. The third kappa shape index (κ3) is 3.43. The molecule has 0 atom stereocenters. The summed E-state index contributed by atoms with van der Waals surface area (Å²) in [5.41, 5.74) is 0. The van der Waals surface area contributed by atoms with Gasteiger partial charge in [-0.15, -0.1) is 0 Å². The number of hydrogen-bond donors (Lipinski definition) is 1. The summed E-state index contributed by atoms with van der Waals surface area (Å²) >= 11 is 0. The average molecular weight is 197 g/mol. The van der Waals surface area contributed by atoms with Crippen LogP contribution in [-0.2, 0) is 0 Å². The third-order valence-corrected chi connectivity index (χ3v) is 1.54. The molecule has 0 heterocycles. The van der Waals surface area contributed by atoms with E-state index in [2.05, 4.69) is 5.32 Å². The van der Waals surface area contributed by atoms with Crippen LogP contribution in [0.5, 0.6) is 5.75 Å². The van der Waals surface area contributed by atoms with Crippen LogP contribution >= 0.6 is 0 Å². The summed E-state index contributed by atoms with van der Waals surface area (Å²) in [6.07, 6.45) is 0.330. The highest BCUT2D eigenvalue weighted by Gasteiger charge is 2.02. The lowest BCUT2D eigenvalue weighted by Crippen LogP contribution is -2.27. The molecule has 1 N–H and O–H groups in total. The van der Waals surface area contributed by atoms with Crippen molar-refractivity contribution in [2.75, 3.05) is 6.54 Å². The Balaban J connectivity index is 2.44. The molecule has 0 unspecified atom stereocenters. The second-order valence-electron chi connectivity index (χ2n) is 2.77. The van der Waals surface area contributed by atoms with E-state index in [1.807, 2.05) is 6.92 Å². The van der Waals surface area contributed by atoms with E-state index < -0.39 is 6.09 Å². The topological polar surface area (TPSA) is 38.3 Å². The van der Waals surface area contributed by atoms with Gasteiger partial charge in [-0.05, 0) is 30.7 Å². The molecule has 0 aliphatic heterocycles. The van der Waals surface area contributed by atoms with Crippen LogP contribution < -0.4 is 10.1 Å². The highest BCUT2D eigenvalue weighted by atomic mass is 19.1. The van der Waals surface area contributed by atoms with E-state index in [1.54, 1.807) is 0 Å². The first-order valence-electron chi connectivity index (χ1n) is 4.43. The number of halogens is 1. The van der Waals surface area contributed by atoms with E-state index in [0.29, 0.717) is 12.3 Å². The van der Waals surface area contributed by atoms with Crippen molar-refractivity contribution in [1.82, 2.24) is 5.32 Å². The predicted molar refractivity (Wildman–Crippen MR) is 50.7 cm³/mol. The summed E-state index contributed by atoms with van der Waals surface area (Å²) in [6, 6.07) is 5.28. The van der Waals surface area contributed by atoms with E-state index >= 15 is 0 Å². The molecule has 0 aliphatic carbocycles. The van der Waals surface area contributed by atoms with Crippen LogP contribution in [0.4, 0.5) is 9.18 Å². The van der Waals surface area contributed by atoms with Crippen LogP contribution in [0.1, 0.15) is 13.3 Å². The Morgan fingerprint density at radius 2 is 2.07 bits per heavy atom. The van der Waals surface area contributed by atoms with Crippen molar-refractivity contribution >= 4 is 6.09 Å². The van der Waals surface area contributed by atoms with Gasteiger partial charge in [0.1, 0.15) is 11.6 Å². The summed E-state index contributed by atoms with van der Waals surface area (Å²) < 4.78 is 17.3. The molecule has 76 valence electrons. The van der Waals surface area contributed by atoms with Gasteiger partial charge in [-0.1, -0.05) is 6.92 Å². The second kappa shape index (κ2) is 5.21. The zero-order chi connectivity index (χ0) is 10.4. The van der Waals surface area contributed by atoms with E-state index in [9.17, 15) is 9.18 Å². The largest absolute Gasteiger partial charge is 0.412 e. The molecule has 0 aromatic heterocycles. The molecule has 1 aromatic carbocycles. The Bertz CT molecular complexity index is 297. The van der Waals surface area contributed by atoms with Gasteiger partial charge in [-0.3, -0.25) is 0 Å². The zero-order valence-corrected chi connectivity index (χ0v) is 7.92. The van der Waals surface area contributed by atoms with Gasteiger partial charge in [0, 0.05) is 6.54 Å². The molecule has 0 saturated carbocycles. The summed E-state index contributed by atoms with van der Waals surface area (Å²) in [4.78, 5) is 11.0. The van der Waals surface area contributed by atoms with Gasteiger partial charge in [0.15, 0.2) is 0 Å². The Kier molecular flexibility index (Phi) is 3.91. The van der Waals surface area contributed by atoms with E-state index in [4.69, 9.17) is 4.74 Å². The summed E-state index contributed by atoms with van der Waals surface area (Å²) in [6.45, 7) is 2.51. The highest BCUT2D eigenvalue weighted by molar-refractivity contribution is 5.70. The second-order valence-corrected chi connectivity index (χ2v) is 2.77. The van der Waals surface area contributed by atoms with Crippen LogP contribution in [0.3, 0.4) is 0 Å². The van der Waals surface area contributed by atoms with Crippen molar-refractivity contribution in [3.63, 3.8) is 0 Å². The number of nitrogens with one attached hydrogen (secondary N) is 1. The van der Waals surface area contributed by atoms with Crippen molar-refractivity contribution in [3.8, 4) is 5.75 Å². The molecule has 0 spiro atoms. The normalized spacial score (nSPS) is 9.57. The van der Waals surface area contributed by atoms with Crippen molar-refractivity contribution in [3.05, 3.63) is 30.1 Å². The van der Waals surface area contributed by atoms with Crippen LogP contribution in [0.2, 0.25) is 0 Å². The quantitative estimate of drug-likeness (QED) is 0.807. The van der Waals surface area contributed by atoms with Crippen molar-refractivity contribution in [2.45, 2.75) is 13.3 Å². The Morgan fingerprint density at radius 1 is 1.43 bits per heavy atom. The molecule has 1 rings (SSSR count). The van der Waals surface area contributed by atoms with Crippen LogP contribution in [0, 0.1) is 5.82 Å². The van der Waals surface area contributed by atoms with Crippen LogP contribution in [-0.4, -0.2) is 12.6 Å². The van der Waals surface area contributed by atoms with Gasteiger partial charge in [-0.25, -0.2) is 9.18 Å². The van der Waals surface area contributed by atoms with Gasteiger partial charge in [0.05, 0.1) is 0 Å². The lowest BCUT2D eigenvalue weighted by molar-refractivity contribution is 0.200. The van der Waals surface area contributed by atoms with Gasteiger partial charge < -0.3 is 10.1 Å². The van der Waals surface area contributed by atoms with Gasteiger partial charge in [0.25, 0.3) is 0 Å². The van der Waals surface area contributed by atoms with E-state index in [1.165, 1.54) is 24.3 Å². The Morgan fingerprint density at radius 3 is 2.64 bits per heavy atom. The minimum Gasteiger partial charge on any atom is -0.410 e. The summed E-state index contributed by atoms with van der Waals surface area (Å²) in [7, 11) is 0. The Labute approximate surface area is 81.9 Å². The first kappa shape index (κ1) is 10.5. The van der Waals surface area contributed by atoms with E-state index in [-0.39, 0.29) is 5.82 Å². The fourth-order valence-electron chi connectivity index (χ4n) is 0.873. The average Bonchev–Trinajstić information content (AvgIpc) is 2.18. The molecular weight excluding hydrogens is 185 g/mol. The standard InChI is InChI=1S/C10H12FNO2/c1-2-7-12-10(13)14-9-5-3-8(11)4-6-9/h3-6H,2,7H2,1H3,(H,12,13). The van der Waals surface area contributed by atoms with Gasteiger partial charge in [-0.2, -0.15) is 0 Å². The lowest BCUT2D eigenvalue weighted by atomic mass is 10.3. The van der Waals surface area contributed by atoms with Gasteiger partial charge >= 0.3 is 6.09 Å². The third-order valence-electron chi connectivity index (χ3n) is 1.54.